The van der Waals surface area contributed by atoms with Gasteiger partial charge in [0.25, 0.3) is 0 Å². The number of carbonyl (C=O) groups excluding carboxylic acids is 1. The summed E-state index contributed by atoms with van der Waals surface area (Å²) in [6.45, 7) is -1.52. The molecule has 3 N–H and O–H groups in total. The number of benzene rings is 2. The maximum Gasteiger partial charge on any atom is 0.387 e. The van der Waals surface area contributed by atoms with Gasteiger partial charge in [-0.05, 0) is 48.7 Å². The van der Waals surface area contributed by atoms with Gasteiger partial charge in [-0.15, -0.1) is 0 Å². The van der Waals surface area contributed by atoms with E-state index in [1.54, 1.807) is 19.1 Å². The average molecular weight is 484 g/mol. The molecule has 4 aromatic rings. The highest BCUT2D eigenvalue weighted by atomic mass is 19.3. The maximum absolute atomic E-state index is 15.6. The molecule has 1 aliphatic carbocycles. The summed E-state index contributed by atoms with van der Waals surface area (Å²) in [5.74, 6) is -1.76. The predicted octanol–water partition coefficient (Wildman–Crippen LogP) is 4.66. The fourth-order valence-electron chi connectivity index (χ4n) is 4.82. The Labute approximate surface area is 194 Å². The predicted molar refractivity (Wildman–Crippen MR) is 117 cm³/mol. The van der Waals surface area contributed by atoms with Gasteiger partial charge in [0.2, 0.25) is 5.91 Å². The Balaban J connectivity index is 1.35. The standard InChI is InChI=1S/C23H16F4N6O2/c1-9-28-8-16(35-22(26)27)20(29-9)31-19-12-4-3-11(17(25)18(12)32-33-19)14-7-23(14)13-6-10(24)2-5-15(13)30-21(23)34/h2-6,8,14,22H,7H2,1H3,(H,30,34)(H2,28,29,31,32,33)/t14-,23-/m0/s1. The van der Waals surface area contributed by atoms with Gasteiger partial charge in [0.15, 0.2) is 23.2 Å². The van der Waals surface area contributed by atoms with Gasteiger partial charge in [0.05, 0.1) is 11.6 Å². The summed E-state index contributed by atoms with van der Waals surface area (Å²) in [6, 6.07) is 7.22. The van der Waals surface area contributed by atoms with Crippen LogP contribution in [0.4, 0.5) is 34.9 Å². The lowest BCUT2D eigenvalue weighted by Crippen LogP contribution is -2.21. The van der Waals surface area contributed by atoms with Crippen LogP contribution in [0.5, 0.6) is 5.75 Å². The number of fused-ring (bicyclic) bond motifs is 3. The first kappa shape index (κ1) is 21.3. The second-order valence-corrected chi connectivity index (χ2v) is 8.47. The number of aromatic amines is 1. The van der Waals surface area contributed by atoms with E-state index in [0.717, 1.165) is 6.20 Å². The highest BCUT2D eigenvalue weighted by molar-refractivity contribution is 6.10. The fraction of sp³-hybridized carbons (Fsp3) is 0.217. The lowest BCUT2D eigenvalue weighted by molar-refractivity contribution is -0.118. The number of anilines is 3. The topological polar surface area (TPSA) is 105 Å². The van der Waals surface area contributed by atoms with Crippen molar-refractivity contribution in [2.75, 3.05) is 10.6 Å². The van der Waals surface area contributed by atoms with Crippen LogP contribution in [-0.2, 0) is 10.2 Å². The van der Waals surface area contributed by atoms with Gasteiger partial charge in [-0.1, -0.05) is 6.07 Å². The third-order valence-electron chi connectivity index (χ3n) is 6.49. The van der Waals surface area contributed by atoms with E-state index in [4.69, 9.17) is 0 Å². The van der Waals surface area contributed by atoms with E-state index in [1.165, 1.54) is 18.2 Å². The molecule has 0 bridgehead atoms. The lowest BCUT2D eigenvalue weighted by atomic mass is 9.91. The molecule has 2 aromatic heterocycles. The quantitative estimate of drug-likeness (QED) is 0.356. The number of H-pyrrole nitrogens is 1. The van der Waals surface area contributed by atoms with Crippen LogP contribution in [0.3, 0.4) is 0 Å². The molecule has 6 rings (SSSR count). The van der Waals surface area contributed by atoms with E-state index in [1.807, 2.05) is 0 Å². The zero-order chi connectivity index (χ0) is 24.5. The number of amides is 1. The van der Waals surface area contributed by atoms with Crippen LogP contribution in [0.15, 0.2) is 36.5 Å². The summed E-state index contributed by atoms with van der Waals surface area (Å²) in [5, 5.41) is 12.6. The third-order valence-corrected chi connectivity index (χ3v) is 6.49. The van der Waals surface area contributed by atoms with Crippen LogP contribution in [0, 0.1) is 18.6 Å². The van der Waals surface area contributed by atoms with Gasteiger partial charge in [-0.3, -0.25) is 9.89 Å². The number of nitrogens with one attached hydrogen (secondary N) is 3. The summed E-state index contributed by atoms with van der Waals surface area (Å²) in [7, 11) is 0. The maximum atomic E-state index is 15.6. The molecular formula is C23H16F4N6O2. The Morgan fingerprint density at radius 2 is 2.03 bits per heavy atom. The van der Waals surface area contributed by atoms with E-state index in [0.29, 0.717) is 34.4 Å². The van der Waals surface area contributed by atoms with Crippen molar-refractivity contribution in [3.63, 3.8) is 0 Å². The van der Waals surface area contributed by atoms with Crippen LogP contribution in [0.1, 0.15) is 29.3 Å². The summed E-state index contributed by atoms with van der Waals surface area (Å²) >= 11 is 0. The number of rotatable bonds is 5. The third kappa shape index (κ3) is 3.20. The normalized spacial score (nSPS) is 20.4. The van der Waals surface area contributed by atoms with Gasteiger partial charge < -0.3 is 15.4 Å². The Bertz CT molecular complexity index is 1520. The molecule has 0 unspecified atom stereocenters. The van der Waals surface area contributed by atoms with Gasteiger partial charge in [-0.2, -0.15) is 13.9 Å². The summed E-state index contributed by atoms with van der Waals surface area (Å²) in [4.78, 5) is 20.7. The minimum Gasteiger partial charge on any atom is -0.429 e. The molecule has 35 heavy (non-hydrogen) atoms. The Morgan fingerprint density at radius 1 is 1.20 bits per heavy atom. The molecule has 12 heteroatoms. The molecule has 2 aliphatic rings. The van der Waals surface area contributed by atoms with E-state index >= 15 is 4.39 Å². The van der Waals surface area contributed by atoms with Gasteiger partial charge in [0.1, 0.15) is 17.2 Å². The number of aryl methyl sites for hydroxylation is 1. The zero-order valence-electron chi connectivity index (χ0n) is 18.0. The molecule has 1 saturated carbocycles. The number of ether oxygens (including phenoxy) is 1. The highest BCUT2D eigenvalue weighted by Gasteiger charge is 2.65. The second kappa shape index (κ2) is 7.39. The largest absolute Gasteiger partial charge is 0.429 e. The van der Waals surface area contributed by atoms with E-state index in [9.17, 15) is 18.0 Å². The number of hydrogen-bond donors (Lipinski definition) is 3. The number of alkyl halides is 2. The first-order valence-corrected chi connectivity index (χ1v) is 10.6. The molecule has 1 amide bonds. The molecule has 0 saturated heterocycles. The molecular weight excluding hydrogens is 468 g/mol. The van der Waals surface area contributed by atoms with E-state index < -0.39 is 29.6 Å². The smallest absolute Gasteiger partial charge is 0.387 e. The van der Waals surface area contributed by atoms with Gasteiger partial charge >= 0.3 is 6.61 Å². The molecule has 1 aliphatic heterocycles. The molecule has 3 heterocycles. The van der Waals surface area contributed by atoms with Crippen molar-refractivity contribution in [3.8, 4) is 5.75 Å². The monoisotopic (exact) mass is 484 g/mol. The number of aromatic nitrogens is 4. The minimum atomic E-state index is -3.09. The first-order valence-electron chi connectivity index (χ1n) is 10.6. The Kier molecular flexibility index (Phi) is 4.50. The number of nitrogens with zero attached hydrogens (tertiary/aromatic N) is 3. The van der Waals surface area contributed by atoms with E-state index in [-0.39, 0.29) is 28.8 Å². The average Bonchev–Trinajstić information content (AvgIpc) is 3.33. The fourth-order valence-corrected chi connectivity index (χ4v) is 4.82. The van der Waals surface area contributed by atoms with Crippen LogP contribution in [0.25, 0.3) is 10.9 Å². The second-order valence-electron chi connectivity index (χ2n) is 8.47. The molecule has 178 valence electrons. The summed E-state index contributed by atoms with van der Waals surface area (Å²) < 4.78 is 59.4. The van der Waals surface area contributed by atoms with Crippen molar-refractivity contribution in [2.45, 2.75) is 31.3 Å². The van der Waals surface area contributed by atoms with Crippen molar-refractivity contribution < 1.29 is 27.1 Å². The minimum absolute atomic E-state index is 0.0573. The van der Waals surface area contributed by atoms with E-state index in [2.05, 4.69) is 35.5 Å². The SMILES string of the molecule is Cc1ncc(OC(F)F)c(Nc2n[nH]c3c(F)c([C@@H]4C[C@@]45C(=O)Nc4ccc(F)cc45)ccc23)n1. The van der Waals surface area contributed by atoms with Gasteiger partial charge in [0, 0.05) is 17.0 Å². The van der Waals surface area contributed by atoms with Gasteiger partial charge in [-0.25, -0.2) is 18.7 Å². The van der Waals surface area contributed by atoms with Crippen molar-refractivity contribution in [2.24, 2.45) is 0 Å². The van der Waals surface area contributed by atoms with Crippen molar-refractivity contribution in [1.82, 2.24) is 20.2 Å². The summed E-state index contributed by atoms with van der Waals surface area (Å²) in [5.41, 5.74) is 0.374. The highest BCUT2D eigenvalue weighted by Crippen LogP contribution is 2.65. The lowest BCUT2D eigenvalue weighted by Gasteiger charge is -2.11. The Hall–Kier alpha value is -4.22. The van der Waals surface area contributed by atoms with Crippen LogP contribution < -0.4 is 15.4 Å². The number of halogens is 4. The Morgan fingerprint density at radius 3 is 2.83 bits per heavy atom. The van der Waals surface area contributed by atoms with Crippen LogP contribution in [0.2, 0.25) is 0 Å². The van der Waals surface area contributed by atoms with Crippen LogP contribution >= 0.6 is 0 Å². The molecule has 2 atom stereocenters. The zero-order valence-corrected chi connectivity index (χ0v) is 18.0. The first-order chi connectivity index (χ1) is 16.8. The van der Waals surface area contributed by atoms with Crippen molar-refractivity contribution in [3.05, 3.63) is 65.1 Å². The summed E-state index contributed by atoms with van der Waals surface area (Å²) in [6.07, 6.45) is 1.44. The number of carbonyl (C=O) groups is 1. The van der Waals surface area contributed by atoms with Crippen LogP contribution in [-0.4, -0.2) is 32.7 Å². The number of hydrogen-bond acceptors (Lipinski definition) is 6. The molecule has 1 spiro atoms. The molecule has 0 radical (unpaired) electrons. The molecule has 8 nitrogen and oxygen atoms in total. The molecule has 1 fully saturated rings. The van der Waals surface area contributed by atoms with Crippen molar-refractivity contribution in [1.29, 1.82) is 0 Å². The van der Waals surface area contributed by atoms with Crippen molar-refractivity contribution >= 4 is 34.1 Å². The molecule has 2 aromatic carbocycles.